The second-order valence-corrected chi connectivity index (χ2v) is 6.48. The van der Waals surface area contributed by atoms with Gasteiger partial charge in [0.1, 0.15) is 0 Å². The Bertz CT molecular complexity index is 959. The van der Waals surface area contributed by atoms with Gasteiger partial charge in [-0.05, 0) is 23.3 Å². The molecule has 2 aliphatic heterocycles. The van der Waals surface area contributed by atoms with E-state index in [2.05, 4.69) is 0 Å². The van der Waals surface area contributed by atoms with E-state index in [-0.39, 0.29) is 11.8 Å². The van der Waals surface area contributed by atoms with E-state index < -0.39 is 0 Å². The lowest BCUT2D eigenvalue weighted by Gasteiger charge is -2.19. The summed E-state index contributed by atoms with van der Waals surface area (Å²) in [5.41, 5.74) is 3.84. The van der Waals surface area contributed by atoms with Crippen molar-refractivity contribution in [3.8, 4) is 0 Å². The number of benzene rings is 2. The third kappa shape index (κ3) is 2.22. The van der Waals surface area contributed by atoms with Gasteiger partial charge in [-0.1, -0.05) is 54.1 Å². The van der Waals surface area contributed by atoms with Gasteiger partial charge in [0.15, 0.2) is 0 Å². The molecule has 0 fully saturated rings. The van der Waals surface area contributed by atoms with Crippen LogP contribution in [0, 0.1) is 0 Å². The van der Waals surface area contributed by atoms with Crippen LogP contribution < -0.4 is 0 Å². The average Bonchev–Trinajstić information content (AvgIpc) is 3.03. The summed E-state index contributed by atoms with van der Waals surface area (Å²) in [5.74, 6) is -0.340. The van der Waals surface area contributed by atoms with Gasteiger partial charge in [-0.2, -0.15) is 0 Å². The van der Waals surface area contributed by atoms with Crippen molar-refractivity contribution < 1.29 is 9.59 Å². The maximum atomic E-state index is 12.9. The van der Waals surface area contributed by atoms with Crippen molar-refractivity contribution >= 4 is 34.8 Å². The highest BCUT2D eigenvalue weighted by molar-refractivity contribution is 6.31. The molecule has 0 saturated heterocycles. The molecule has 0 N–H and O–H groups in total. The van der Waals surface area contributed by atoms with Crippen LogP contribution in [0.3, 0.4) is 0 Å². The van der Waals surface area contributed by atoms with Crippen molar-refractivity contribution in [2.75, 3.05) is 14.1 Å². The Morgan fingerprint density at radius 3 is 1.60 bits per heavy atom. The molecule has 2 amide bonds. The molecule has 0 unspecified atom stereocenters. The highest BCUT2D eigenvalue weighted by Gasteiger charge is 2.46. The standard InChI is InChI=1S/C20H15ClN2O2/c1-22-17(12-6-4-3-5-7-12)15-16(20(22)25)18(23(2)19(15)24)13-8-10-14(21)11-9-13/h3-11H,1-2H3. The van der Waals surface area contributed by atoms with E-state index in [1.807, 2.05) is 42.5 Å². The van der Waals surface area contributed by atoms with Gasteiger partial charge in [0, 0.05) is 19.1 Å². The largest absolute Gasteiger partial charge is 0.310 e. The fraction of sp³-hybridized carbons (Fsp3) is 0.100. The predicted octanol–water partition coefficient (Wildman–Crippen LogP) is 3.41. The maximum absolute atomic E-state index is 12.9. The average molecular weight is 351 g/mol. The summed E-state index contributed by atoms with van der Waals surface area (Å²) in [7, 11) is 3.40. The third-order valence-electron chi connectivity index (χ3n) is 4.60. The summed E-state index contributed by atoms with van der Waals surface area (Å²) >= 11 is 5.97. The first-order valence-electron chi connectivity index (χ1n) is 7.87. The molecule has 25 heavy (non-hydrogen) atoms. The van der Waals surface area contributed by atoms with Crippen molar-refractivity contribution in [2.24, 2.45) is 0 Å². The Morgan fingerprint density at radius 1 is 0.680 bits per heavy atom. The zero-order valence-corrected chi connectivity index (χ0v) is 14.5. The van der Waals surface area contributed by atoms with Gasteiger partial charge in [-0.15, -0.1) is 0 Å². The molecule has 4 nitrogen and oxygen atoms in total. The van der Waals surface area contributed by atoms with Crippen LogP contribution in [0.25, 0.3) is 11.4 Å². The lowest BCUT2D eigenvalue weighted by atomic mass is 10.0. The van der Waals surface area contributed by atoms with Gasteiger partial charge in [0.25, 0.3) is 11.8 Å². The van der Waals surface area contributed by atoms with Crippen molar-refractivity contribution in [1.82, 2.24) is 9.80 Å². The fourth-order valence-corrected chi connectivity index (χ4v) is 3.53. The zero-order chi connectivity index (χ0) is 17.7. The van der Waals surface area contributed by atoms with Crippen LogP contribution >= 0.6 is 11.6 Å². The predicted molar refractivity (Wildman–Crippen MR) is 97.3 cm³/mol. The van der Waals surface area contributed by atoms with Gasteiger partial charge >= 0.3 is 0 Å². The minimum Gasteiger partial charge on any atom is -0.310 e. The number of likely N-dealkylation sites (N-methyl/N-ethyl adjacent to an activating group) is 2. The van der Waals surface area contributed by atoms with Crippen molar-refractivity contribution in [3.63, 3.8) is 0 Å². The van der Waals surface area contributed by atoms with Crippen LogP contribution in [0.5, 0.6) is 0 Å². The minimum atomic E-state index is -0.170. The van der Waals surface area contributed by atoms with Gasteiger partial charge in [-0.25, -0.2) is 0 Å². The number of fused-ring (bicyclic) bond motifs is 1. The van der Waals surface area contributed by atoms with Crippen molar-refractivity contribution in [1.29, 1.82) is 0 Å². The molecule has 0 radical (unpaired) electrons. The van der Waals surface area contributed by atoms with Crippen LogP contribution in [0.4, 0.5) is 0 Å². The summed E-state index contributed by atoms with van der Waals surface area (Å²) in [4.78, 5) is 29.0. The molecule has 0 saturated carbocycles. The molecule has 4 rings (SSSR count). The highest BCUT2D eigenvalue weighted by Crippen LogP contribution is 2.45. The van der Waals surface area contributed by atoms with Crippen LogP contribution in [0.2, 0.25) is 5.02 Å². The molecule has 0 spiro atoms. The normalized spacial score (nSPS) is 17.1. The molecule has 2 aliphatic rings. The molecule has 2 heterocycles. The van der Waals surface area contributed by atoms with Gasteiger partial charge in [-0.3, -0.25) is 9.59 Å². The molecular formula is C20H15ClN2O2. The van der Waals surface area contributed by atoms with Gasteiger partial charge < -0.3 is 9.80 Å². The van der Waals surface area contributed by atoms with E-state index in [1.165, 1.54) is 0 Å². The zero-order valence-electron chi connectivity index (χ0n) is 13.8. The molecule has 0 aliphatic carbocycles. The van der Waals surface area contributed by atoms with E-state index >= 15 is 0 Å². The quantitative estimate of drug-likeness (QED) is 0.832. The number of nitrogens with zero attached hydrogens (tertiary/aromatic N) is 2. The molecular weight excluding hydrogens is 336 g/mol. The van der Waals surface area contributed by atoms with E-state index in [4.69, 9.17) is 11.6 Å². The van der Waals surface area contributed by atoms with E-state index in [1.54, 1.807) is 36.0 Å². The lowest BCUT2D eigenvalue weighted by Crippen LogP contribution is -2.25. The highest BCUT2D eigenvalue weighted by atomic mass is 35.5. The number of rotatable bonds is 2. The van der Waals surface area contributed by atoms with Crippen LogP contribution in [-0.4, -0.2) is 35.7 Å². The SMILES string of the molecule is CN1C(=O)C2=C(c3ccc(Cl)cc3)N(C)C(=O)C2=C1c1ccccc1. The molecule has 0 bridgehead atoms. The Morgan fingerprint density at radius 2 is 1.12 bits per heavy atom. The number of amides is 2. The molecule has 0 atom stereocenters. The number of carbonyl (C=O) groups is 2. The molecule has 124 valence electrons. The van der Waals surface area contributed by atoms with E-state index in [9.17, 15) is 9.59 Å². The Hall–Kier alpha value is -2.85. The number of hydrogen-bond acceptors (Lipinski definition) is 2. The summed E-state index contributed by atoms with van der Waals surface area (Å²) in [6, 6.07) is 16.7. The Balaban J connectivity index is 1.99. The van der Waals surface area contributed by atoms with Crippen LogP contribution in [-0.2, 0) is 9.59 Å². The second kappa shape index (κ2) is 5.60. The second-order valence-electron chi connectivity index (χ2n) is 6.05. The number of halogens is 1. The van der Waals surface area contributed by atoms with Gasteiger partial charge in [0.2, 0.25) is 0 Å². The van der Waals surface area contributed by atoms with Crippen LogP contribution in [0.15, 0.2) is 65.7 Å². The molecule has 0 aromatic heterocycles. The van der Waals surface area contributed by atoms with Crippen molar-refractivity contribution in [3.05, 3.63) is 81.9 Å². The summed E-state index contributed by atoms with van der Waals surface area (Å²) in [6.45, 7) is 0. The van der Waals surface area contributed by atoms with E-state index in [0.717, 1.165) is 11.1 Å². The Labute approximate surface area is 150 Å². The van der Waals surface area contributed by atoms with Crippen LogP contribution in [0.1, 0.15) is 11.1 Å². The first-order chi connectivity index (χ1) is 12.0. The first-order valence-corrected chi connectivity index (χ1v) is 8.25. The third-order valence-corrected chi connectivity index (χ3v) is 4.85. The lowest BCUT2D eigenvalue weighted by molar-refractivity contribution is -0.123. The van der Waals surface area contributed by atoms with Crippen molar-refractivity contribution in [2.45, 2.75) is 0 Å². The Kier molecular flexibility index (Phi) is 3.51. The molecule has 2 aromatic carbocycles. The van der Waals surface area contributed by atoms with E-state index in [0.29, 0.717) is 27.6 Å². The first kappa shape index (κ1) is 15.7. The van der Waals surface area contributed by atoms with Gasteiger partial charge in [0.05, 0.1) is 22.5 Å². The maximum Gasteiger partial charge on any atom is 0.261 e. The summed E-state index contributed by atoms with van der Waals surface area (Å²) < 4.78 is 0. The summed E-state index contributed by atoms with van der Waals surface area (Å²) in [5, 5.41) is 0.608. The number of hydrogen-bond donors (Lipinski definition) is 0. The smallest absolute Gasteiger partial charge is 0.261 e. The molecule has 5 heteroatoms. The fourth-order valence-electron chi connectivity index (χ4n) is 3.41. The minimum absolute atomic E-state index is 0.170. The molecule has 2 aromatic rings. The summed E-state index contributed by atoms with van der Waals surface area (Å²) in [6.07, 6.45) is 0. The monoisotopic (exact) mass is 350 g/mol. The topological polar surface area (TPSA) is 40.6 Å². The number of carbonyl (C=O) groups excluding carboxylic acids is 2.